The highest BCUT2D eigenvalue weighted by atomic mass is 16.6. The fraction of sp³-hybridized carbons (Fsp3) is 0.520. The summed E-state index contributed by atoms with van der Waals surface area (Å²) in [6.45, 7) is 8.13. The molecule has 1 fully saturated rings. The highest BCUT2D eigenvalue weighted by Gasteiger charge is 2.38. The van der Waals surface area contributed by atoms with Gasteiger partial charge in [-0.3, -0.25) is 9.89 Å². The molecule has 10 heteroatoms. The zero-order chi connectivity index (χ0) is 25.5. The van der Waals surface area contributed by atoms with Gasteiger partial charge in [-0.15, -0.1) is 0 Å². The Kier molecular flexibility index (Phi) is 8.86. The second-order valence-electron chi connectivity index (χ2n) is 8.16. The maximum atomic E-state index is 13.3. The average molecular weight is 487 g/mol. The molecule has 2 aromatic heterocycles. The standard InChI is InChI=1S/C25H34N4O6/c1-6-18-12-17(9-10-34-18)29(25(31)33-8-3)22-21-19(35-23(22)24(30)32-7-2)11-15(4)20(28-21)16(13-26)14-27-5/h11,13-14,17-18H,6-10,12,26H2,1-5H3/b16-13+,27-14?. The molecule has 2 N–H and O–H groups in total. The van der Waals surface area contributed by atoms with Gasteiger partial charge in [0.15, 0.2) is 5.58 Å². The predicted octanol–water partition coefficient (Wildman–Crippen LogP) is 4.23. The molecule has 1 aliphatic rings. The number of carbonyl (C=O) groups is 2. The SMILES string of the molecule is CCOC(=O)c1oc2cc(C)c(/C(C=NC)=C/N)nc2c1N(C(=O)OCC)C1CCOC(CC)C1. The van der Waals surface area contributed by atoms with E-state index in [1.165, 1.54) is 11.1 Å². The van der Waals surface area contributed by atoms with Crippen LogP contribution in [-0.2, 0) is 14.2 Å². The number of amides is 1. The summed E-state index contributed by atoms with van der Waals surface area (Å²) in [5.74, 6) is -0.779. The average Bonchev–Trinajstić information content (AvgIpc) is 3.20. The summed E-state index contributed by atoms with van der Waals surface area (Å²) in [5.41, 5.74) is 8.68. The lowest BCUT2D eigenvalue weighted by Crippen LogP contribution is -2.46. The first kappa shape index (κ1) is 26.2. The van der Waals surface area contributed by atoms with Crippen LogP contribution in [0, 0.1) is 6.92 Å². The minimum Gasteiger partial charge on any atom is -0.460 e. The number of nitrogens with zero attached hydrogens (tertiary/aromatic N) is 3. The number of aliphatic imine (C=N–C) groups is 1. The van der Waals surface area contributed by atoms with Crippen molar-refractivity contribution >= 4 is 40.6 Å². The number of carbonyl (C=O) groups excluding carboxylic acids is 2. The lowest BCUT2D eigenvalue weighted by molar-refractivity contribution is 0.00465. The van der Waals surface area contributed by atoms with Gasteiger partial charge in [0.05, 0.1) is 25.0 Å². The van der Waals surface area contributed by atoms with Crippen LogP contribution < -0.4 is 10.6 Å². The monoisotopic (exact) mass is 486 g/mol. The van der Waals surface area contributed by atoms with Gasteiger partial charge in [0, 0.05) is 37.7 Å². The summed E-state index contributed by atoms with van der Waals surface area (Å²) in [6, 6.07) is 1.48. The van der Waals surface area contributed by atoms with E-state index in [9.17, 15) is 9.59 Å². The Morgan fingerprint density at radius 2 is 2.03 bits per heavy atom. The highest BCUT2D eigenvalue weighted by Crippen LogP contribution is 2.39. The van der Waals surface area contributed by atoms with Gasteiger partial charge in [-0.05, 0) is 51.7 Å². The number of allylic oxidation sites excluding steroid dienone is 1. The molecule has 2 aromatic rings. The van der Waals surface area contributed by atoms with Crippen LogP contribution in [0.4, 0.5) is 10.5 Å². The van der Waals surface area contributed by atoms with Crippen LogP contribution in [0.2, 0.25) is 0 Å². The third kappa shape index (κ3) is 5.48. The lowest BCUT2D eigenvalue weighted by Gasteiger charge is -2.36. The first-order valence-corrected chi connectivity index (χ1v) is 11.9. The molecule has 3 rings (SSSR count). The quantitative estimate of drug-likeness (QED) is 0.433. The van der Waals surface area contributed by atoms with Gasteiger partial charge >= 0.3 is 12.1 Å². The number of aromatic nitrogens is 1. The predicted molar refractivity (Wildman–Crippen MR) is 134 cm³/mol. The van der Waals surface area contributed by atoms with Crippen LogP contribution in [0.25, 0.3) is 16.7 Å². The molecule has 10 nitrogen and oxygen atoms in total. The summed E-state index contributed by atoms with van der Waals surface area (Å²) >= 11 is 0. The minimum absolute atomic E-state index is 0.0202. The molecule has 1 aliphatic heterocycles. The number of hydrogen-bond donors (Lipinski definition) is 1. The Hall–Kier alpha value is -3.40. The molecule has 190 valence electrons. The first-order valence-electron chi connectivity index (χ1n) is 11.9. The van der Waals surface area contributed by atoms with Crippen LogP contribution in [0.5, 0.6) is 0 Å². The number of rotatable bonds is 8. The smallest absolute Gasteiger partial charge is 0.414 e. The van der Waals surface area contributed by atoms with Crippen molar-refractivity contribution in [1.82, 2.24) is 4.98 Å². The topological polar surface area (TPSA) is 129 Å². The van der Waals surface area contributed by atoms with E-state index in [1.54, 1.807) is 33.2 Å². The van der Waals surface area contributed by atoms with Crippen molar-refractivity contribution in [3.05, 3.63) is 29.3 Å². The maximum absolute atomic E-state index is 13.3. The van der Waals surface area contributed by atoms with Gasteiger partial charge in [-0.2, -0.15) is 0 Å². The van der Waals surface area contributed by atoms with E-state index >= 15 is 0 Å². The summed E-state index contributed by atoms with van der Waals surface area (Å²) < 4.78 is 22.5. The number of ether oxygens (including phenoxy) is 3. The summed E-state index contributed by atoms with van der Waals surface area (Å²) in [5, 5.41) is 0. The molecule has 0 bridgehead atoms. The van der Waals surface area contributed by atoms with E-state index in [1.807, 2.05) is 13.8 Å². The van der Waals surface area contributed by atoms with Crippen molar-refractivity contribution in [3.8, 4) is 0 Å². The van der Waals surface area contributed by atoms with Crippen molar-refractivity contribution in [2.24, 2.45) is 10.7 Å². The molecule has 0 radical (unpaired) electrons. The largest absolute Gasteiger partial charge is 0.460 e. The third-order valence-electron chi connectivity index (χ3n) is 5.88. The molecule has 0 spiro atoms. The Labute approximate surface area is 205 Å². The van der Waals surface area contributed by atoms with Crippen molar-refractivity contribution in [3.63, 3.8) is 0 Å². The zero-order valence-corrected chi connectivity index (χ0v) is 21.0. The van der Waals surface area contributed by atoms with Gasteiger partial charge in [-0.1, -0.05) is 6.92 Å². The zero-order valence-electron chi connectivity index (χ0n) is 21.0. The molecule has 2 atom stereocenters. The second-order valence-corrected chi connectivity index (χ2v) is 8.16. The first-order chi connectivity index (χ1) is 16.9. The highest BCUT2D eigenvalue weighted by molar-refractivity contribution is 6.12. The summed E-state index contributed by atoms with van der Waals surface area (Å²) in [7, 11) is 1.64. The van der Waals surface area contributed by atoms with E-state index in [4.69, 9.17) is 29.3 Å². The fourth-order valence-corrected chi connectivity index (χ4v) is 4.27. The number of anilines is 1. The summed E-state index contributed by atoms with van der Waals surface area (Å²) in [6.07, 6.45) is 4.35. The van der Waals surface area contributed by atoms with Gasteiger partial charge in [0.25, 0.3) is 0 Å². The van der Waals surface area contributed by atoms with E-state index in [-0.39, 0.29) is 36.8 Å². The van der Waals surface area contributed by atoms with Crippen LogP contribution in [0.15, 0.2) is 21.7 Å². The normalized spacial score (nSPS) is 18.7. The molecule has 0 aromatic carbocycles. The van der Waals surface area contributed by atoms with Crippen molar-refractivity contribution in [2.75, 3.05) is 31.8 Å². The van der Waals surface area contributed by atoms with Gasteiger partial charge in [0.1, 0.15) is 11.2 Å². The Morgan fingerprint density at radius 1 is 1.29 bits per heavy atom. The number of nitrogens with two attached hydrogens (primary N) is 1. The fourth-order valence-electron chi connectivity index (χ4n) is 4.27. The number of furan rings is 1. The second kappa shape index (κ2) is 11.8. The Morgan fingerprint density at radius 3 is 2.66 bits per heavy atom. The molecule has 1 amide bonds. The van der Waals surface area contributed by atoms with E-state index in [0.717, 1.165) is 12.0 Å². The molecule has 35 heavy (non-hydrogen) atoms. The Balaban J connectivity index is 2.30. The third-order valence-corrected chi connectivity index (χ3v) is 5.88. The molecule has 0 aliphatic carbocycles. The van der Waals surface area contributed by atoms with Gasteiger partial charge in [-0.25, -0.2) is 14.6 Å². The number of fused-ring (bicyclic) bond motifs is 1. The lowest BCUT2D eigenvalue weighted by atomic mass is 9.99. The molecular weight excluding hydrogens is 452 g/mol. The van der Waals surface area contributed by atoms with E-state index < -0.39 is 12.1 Å². The minimum atomic E-state index is -0.683. The molecular formula is C25H34N4O6. The van der Waals surface area contributed by atoms with Crippen molar-refractivity contribution < 1.29 is 28.2 Å². The van der Waals surface area contributed by atoms with Crippen molar-refractivity contribution in [2.45, 2.75) is 59.1 Å². The molecule has 1 saturated heterocycles. The molecule has 2 unspecified atom stereocenters. The van der Waals surface area contributed by atoms with Crippen LogP contribution in [0.1, 0.15) is 61.8 Å². The molecule has 0 saturated carbocycles. The maximum Gasteiger partial charge on any atom is 0.414 e. The van der Waals surface area contributed by atoms with Crippen LogP contribution >= 0.6 is 0 Å². The van der Waals surface area contributed by atoms with Crippen LogP contribution in [-0.4, -0.2) is 62.3 Å². The van der Waals surface area contributed by atoms with E-state index in [0.29, 0.717) is 41.8 Å². The van der Waals surface area contributed by atoms with Crippen molar-refractivity contribution in [1.29, 1.82) is 0 Å². The van der Waals surface area contributed by atoms with E-state index in [2.05, 4.69) is 4.99 Å². The van der Waals surface area contributed by atoms with Gasteiger partial charge < -0.3 is 24.4 Å². The Bertz CT molecular complexity index is 1120. The summed E-state index contributed by atoms with van der Waals surface area (Å²) in [4.78, 5) is 36.7. The van der Waals surface area contributed by atoms with Gasteiger partial charge in [0.2, 0.25) is 5.76 Å². The number of esters is 1. The molecule has 3 heterocycles. The number of aryl methyl sites for hydroxylation is 1. The number of hydrogen-bond acceptors (Lipinski definition) is 9. The number of pyridine rings is 1. The van der Waals surface area contributed by atoms with Crippen LogP contribution in [0.3, 0.4) is 0 Å².